The Bertz CT molecular complexity index is 638. The van der Waals surface area contributed by atoms with Gasteiger partial charge < -0.3 is 0 Å². The Morgan fingerprint density at radius 3 is 2.24 bits per heavy atom. The molecular weight excluding hydrogens is 284 g/mol. The Morgan fingerprint density at radius 2 is 1.71 bits per heavy atom. The number of hydrogen-bond donors (Lipinski definition) is 2. The third kappa shape index (κ3) is 3.22. The van der Waals surface area contributed by atoms with E-state index in [0.717, 1.165) is 12.1 Å². The van der Waals surface area contributed by atoms with Crippen LogP contribution in [0.1, 0.15) is 28.3 Å². The number of nitrogens with one attached hydrogen (secondary N) is 1. The summed E-state index contributed by atoms with van der Waals surface area (Å²) in [6.07, 6.45) is -4.41. The molecule has 21 heavy (non-hydrogen) atoms. The predicted octanol–water partition coefficient (Wildman–Crippen LogP) is 3.71. The molecule has 3 N–H and O–H groups in total. The summed E-state index contributed by atoms with van der Waals surface area (Å²) in [5.74, 6) is 4.99. The molecule has 1 atom stereocenters. The summed E-state index contributed by atoms with van der Waals surface area (Å²) in [6, 6.07) is 8.58. The van der Waals surface area contributed by atoms with Gasteiger partial charge in [0.2, 0.25) is 0 Å². The second-order valence-electron chi connectivity index (χ2n) is 4.69. The second kappa shape index (κ2) is 5.83. The van der Waals surface area contributed by atoms with Crippen LogP contribution in [0, 0.1) is 12.7 Å². The quantitative estimate of drug-likeness (QED) is 0.515. The number of benzene rings is 2. The Balaban J connectivity index is 2.47. The van der Waals surface area contributed by atoms with Gasteiger partial charge in [0.1, 0.15) is 5.82 Å². The number of hydrogen-bond acceptors (Lipinski definition) is 2. The van der Waals surface area contributed by atoms with E-state index in [9.17, 15) is 17.6 Å². The maximum atomic E-state index is 13.8. The second-order valence-corrected chi connectivity index (χ2v) is 4.69. The van der Waals surface area contributed by atoms with Crippen molar-refractivity contribution in [2.45, 2.75) is 19.1 Å². The normalized spacial score (nSPS) is 13.2. The van der Waals surface area contributed by atoms with Gasteiger partial charge in [0.15, 0.2) is 0 Å². The molecule has 0 aromatic heterocycles. The van der Waals surface area contributed by atoms with Crippen LogP contribution in [0.3, 0.4) is 0 Å². The number of nitrogens with two attached hydrogens (primary N) is 1. The zero-order valence-electron chi connectivity index (χ0n) is 11.2. The summed E-state index contributed by atoms with van der Waals surface area (Å²) >= 11 is 0. The maximum absolute atomic E-state index is 13.8. The van der Waals surface area contributed by atoms with Crippen molar-refractivity contribution >= 4 is 0 Å². The van der Waals surface area contributed by atoms with Gasteiger partial charge in [-0.1, -0.05) is 24.3 Å². The van der Waals surface area contributed by atoms with E-state index in [0.29, 0.717) is 11.1 Å². The van der Waals surface area contributed by atoms with Gasteiger partial charge in [-0.15, -0.1) is 0 Å². The summed E-state index contributed by atoms with van der Waals surface area (Å²) in [5, 5.41) is 0. The first-order chi connectivity index (χ1) is 9.84. The van der Waals surface area contributed by atoms with Gasteiger partial charge in [0, 0.05) is 5.56 Å². The molecule has 0 heterocycles. The van der Waals surface area contributed by atoms with Crippen LogP contribution in [0.5, 0.6) is 0 Å². The van der Waals surface area contributed by atoms with Gasteiger partial charge in [-0.2, -0.15) is 13.2 Å². The van der Waals surface area contributed by atoms with Crippen molar-refractivity contribution in [2.24, 2.45) is 5.84 Å². The molecule has 1 unspecified atom stereocenters. The molecule has 6 heteroatoms. The molecule has 0 spiro atoms. The standard InChI is InChI=1S/C15H14F4N2/c1-9-8-10(15(17,18)19)6-7-11(9)14(21-20)12-4-2-3-5-13(12)16/h2-8,14,21H,20H2,1H3. The van der Waals surface area contributed by atoms with Crippen LogP contribution in [0.4, 0.5) is 17.6 Å². The van der Waals surface area contributed by atoms with Gasteiger partial charge >= 0.3 is 6.18 Å². The average molecular weight is 298 g/mol. The predicted molar refractivity (Wildman–Crippen MR) is 71.7 cm³/mol. The summed E-state index contributed by atoms with van der Waals surface area (Å²) in [4.78, 5) is 0. The highest BCUT2D eigenvalue weighted by Crippen LogP contribution is 2.33. The number of halogens is 4. The molecule has 0 amide bonds. The van der Waals surface area contributed by atoms with Gasteiger partial charge in [-0.05, 0) is 36.2 Å². The maximum Gasteiger partial charge on any atom is 0.416 e. The molecule has 0 aliphatic carbocycles. The van der Waals surface area contributed by atoms with Crippen molar-refractivity contribution < 1.29 is 17.6 Å². The van der Waals surface area contributed by atoms with Gasteiger partial charge in [0.25, 0.3) is 0 Å². The smallest absolute Gasteiger partial charge is 0.271 e. The lowest BCUT2D eigenvalue weighted by atomic mass is 9.93. The highest BCUT2D eigenvalue weighted by atomic mass is 19.4. The van der Waals surface area contributed by atoms with Crippen LogP contribution in [0.25, 0.3) is 0 Å². The lowest BCUT2D eigenvalue weighted by molar-refractivity contribution is -0.137. The number of alkyl halides is 3. The fraction of sp³-hybridized carbons (Fsp3) is 0.200. The zero-order valence-corrected chi connectivity index (χ0v) is 11.2. The largest absolute Gasteiger partial charge is 0.416 e. The summed E-state index contributed by atoms with van der Waals surface area (Å²) in [6.45, 7) is 1.54. The van der Waals surface area contributed by atoms with Crippen LogP contribution in [-0.4, -0.2) is 0 Å². The molecule has 0 aliphatic heterocycles. The van der Waals surface area contributed by atoms with Crippen LogP contribution in [-0.2, 0) is 6.18 Å². The molecule has 112 valence electrons. The van der Waals surface area contributed by atoms with E-state index in [1.807, 2.05) is 0 Å². The van der Waals surface area contributed by atoms with Crippen LogP contribution < -0.4 is 11.3 Å². The van der Waals surface area contributed by atoms with Crippen molar-refractivity contribution in [3.05, 3.63) is 70.5 Å². The minimum atomic E-state index is -4.41. The van der Waals surface area contributed by atoms with E-state index in [4.69, 9.17) is 5.84 Å². The SMILES string of the molecule is Cc1cc(C(F)(F)F)ccc1C(NN)c1ccccc1F. The fourth-order valence-electron chi connectivity index (χ4n) is 2.23. The van der Waals surface area contributed by atoms with Gasteiger partial charge in [0.05, 0.1) is 11.6 Å². The zero-order chi connectivity index (χ0) is 15.6. The summed E-state index contributed by atoms with van der Waals surface area (Å²) in [5.41, 5.74) is 2.87. The Labute approximate surface area is 119 Å². The molecule has 0 saturated carbocycles. The molecule has 0 saturated heterocycles. The summed E-state index contributed by atoms with van der Waals surface area (Å²) in [7, 11) is 0. The van der Waals surface area contributed by atoms with Crippen molar-refractivity contribution in [1.82, 2.24) is 5.43 Å². The van der Waals surface area contributed by atoms with Crippen molar-refractivity contribution in [1.29, 1.82) is 0 Å². The first kappa shape index (κ1) is 15.5. The number of hydrazine groups is 1. The Kier molecular flexibility index (Phi) is 4.29. The van der Waals surface area contributed by atoms with Gasteiger partial charge in [-0.3, -0.25) is 5.84 Å². The minimum absolute atomic E-state index is 0.280. The fourth-order valence-corrected chi connectivity index (χ4v) is 2.23. The number of rotatable bonds is 3. The van der Waals surface area contributed by atoms with E-state index in [1.165, 1.54) is 31.2 Å². The van der Waals surface area contributed by atoms with Crippen molar-refractivity contribution in [2.75, 3.05) is 0 Å². The molecule has 0 aliphatic rings. The van der Waals surface area contributed by atoms with E-state index < -0.39 is 23.6 Å². The van der Waals surface area contributed by atoms with E-state index in [2.05, 4.69) is 5.43 Å². The van der Waals surface area contributed by atoms with Crippen LogP contribution in [0.2, 0.25) is 0 Å². The first-order valence-electron chi connectivity index (χ1n) is 6.23. The number of aryl methyl sites for hydroxylation is 1. The van der Waals surface area contributed by atoms with Crippen LogP contribution >= 0.6 is 0 Å². The van der Waals surface area contributed by atoms with Crippen molar-refractivity contribution in [3.8, 4) is 0 Å². The van der Waals surface area contributed by atoms with Crippen molar-refractivity contribution in [3.63, 3.8) is 0 Å². The lowest BCUT2D eigenvalue weighted by Crippen LogP contribution is -2.30. The molecule has 2 rings (SSSR count). The van der Waals surface area contributed by atoms with Crippen LogP contribution in [0.15, 0.2) is 42.5 Å². The average Bonchev–Trinajstić information content (AvgIpc) is 2.42. The Hall–Kier alpha value is -1.92. The molecule has 2 aromatic rings. The third-order valence-electron chi connectivity index (χ3n) is 3.29. The highest BCUT2D eigenvalue weighted by molar-refractivity contribution is 5.40. The van der Waals surface area contributed by atoms with E-state index >= 15 is 0 Å². The molecule has 0 fully saturated rings. The molecule has 2 aromatic carbocycles. The molecule has 0 bridgehead atoms. The van der Waals surface area contributed by atoms with Gasteiger partial charge in [-0.25, -0.2) is 9.82 Å². The minimum Gasteiger partial charge on any atom is -0.271 e. The summed E-state index contributed by atoms with van der Waals surface area (Å²) < 4.78 is 51.8. The highest BCUT2D eigenvalue weighted by Gasteiger charge is 2.31. The Morgan fingerprint density at radius 1 is 1.05 bits per heavy atom. The van der Waals surface area contributed by atoms with E-state index in [1.54, 1.807) is 6.07 Å². The third-order valence-corrected chi connectivity index (χ3v) is 3.29. The topological polar surface area (TPSA) is 38.0 Å². The lowest BCUT2D eigenvalue weighted by Gasteiger charge is -2.20. The molecular formula is C15H14F4N2. The molecule has 0 radical (unpaired) electrons. The monoisotopic (exact) mass is 298 g/mol. The van der Waals surface area contributed by atoms with E-state index in [-0.39, 0.29) is 5.56 Å². The molecule has 2 nitrogen and oxygen atoms in total. The first-order valence-corrected chi connectivity index (χ1v) is 6.23.